The van der Waals surface area contributed by atoms with Gasteiger partial charge in [0, 0.05) is 5.56 Å². The normalized spacial score (nSPS) is 10.4. The fourth-order valence-corrected chi connectivity index (χ4v) is 1.32. The van der Waals surface area contributed by atoms with Crippen molar-refractivity contribution in [2.75, 3.05) is 5.73 Å². The van der Waals surface area contributed by atoms with Crippen LogP contribution in [-0.2, 0) is 0 Å². The van der Waals surface area contributed by atoms with Crippen molar-refractivity contribution < 1.29 is 8.78 Å². The lowest BCUT2D eigenvalue weighted by atomic mass is 10.1. The maximum atomic E-state index is 13.6. The molecule has 0 spiro atoms. The molecule has 3 nitrogen and oxygen atoms in total. The van der Waals surface area contributed by atoms with Gasteiger partial charge in [-0.15, -0.1) is 0 Å². The van der Waals surface area contributed by atoms with E-state index in [0.717, 1.165) is 0 Å². The average molecular weight is 221 g/mol. The van der Waals surface area contributed by atoms with Crippen molar-refractivity contribution in [2.24, 2.45) is 0 Å². The predicted molar refractivity (Wildman–Crippen MR) is 56.5 cm³/mol. The average Bonchev–Trinajstić information content (AvgIpc) is 2.28. The molecule has 0 aliphatic rings. The highest BCUT2D eigenvalue weighted by Crippen LogP contribution is 2.24. The number of aromatic nitrogens is 2. The lowest BCUT2D eigenvalue weighted by Crippen LogP contribution is -1.97. The van der Waals surface area contributed by atoms with E-state index in [1.165, 1.54) is 31.5 Å². The molecule has 0 unspecified atom stereocenters. The zero-order valence-corrected chi connectivity index (χ0v) is 8.54. The van der Waals surface area contributed by atoms with Crippen LogP contribution in [0, 0.1) is 18.6 Å². The van der Waals surface area contributed by atoms with E-state index in [4.69, 9.17) is 5.73 Å². The first kappa shape index (κ1) is 10.5. The second-order valence-corrected chi connectivity index (χ2v) is 3.38. The second-order valence-electron chi connectivity index (χ2n) is 3.38. The number of hydrogen-bond acceptors (Lipinski definition) is 3. The van der Waals surface area contributed by atoms with Crippen molar-refractivity contribution in [1.82, 2.24) is 9.97 Å². The van der Waals surface area contributed by atoms with Crippen LogP contribution in [0.1, 0.15) is 5.56 Å². The minimum atomic E-state index is -0.918. The smallest absolute Gasteiger partial charge is 0.168 e. The molecule has 0 saturated heterocycles. The molecule has 1 aromatic heterocycles. The van der Waals surface area contributed by atoms with Gasteiger partial charge in [-0.1, -0.05) is 6.07 Å². The van der Waals surface area contributed by atoms with Gasteiger partial charge in [0.2, 0.25) is 0 Å². The van der Waals surface area contributed by atoms with E-state index < -0.39 is 11.6 Å². The number of hydrogen-bond donors (Lipinski definition) is 1. The van der Waals surface area contributed by atoms with Gasteiger partial charge in [0.1, 0.15) is 5.82 Å². The summed E-state index contributed by atoms with van der Waals surface area (Å²) in [5, 5.41) is 0. The van der Waals surface area contributed by atoms with Crippen LogP contribution in [0.3, 0.4) is 0 Å². The summed E-state index contributed by atoms with van der Waals surface area (Å²) in [7, 11) is 0. The molecule has 0 aliphatic heterocycles. The maximum absolute atomic E-state index is 13.6. The Bertz CT molecular complexity index is 523. The lowest BCUT2D eigenvalue weighted by molar-refractivity contribution is 0.505. The summed E-state index contributed by atoms with van der Waals surface area (Å²) < 4.78 is 26.9. The quantitative estimate of drug-likeness (QED) is 0.803. The van der Waals surface area contributed by atoms with Crippen LogP contribution < -0.4 is 5.73 Å². The Morgan fingerprint density at radius 2 is 1.81 bits per heavy atom. The summed E-state index contributed by atoms with van der Waals surface area (Å²) in [5.41, 5.74) is 5.94. The van der Waals surface area contributed by atoms with Gasteiger partial charge in [0.15, 0.2) is 11.6 Å². The summed E-state index contributed by atoms with van der Waals surface area (Å²) in [6, 6.07) is 2.96. The van der Waals surface area contributed by atoms with Gasteiger partial charge in [-0.05, 0) is 18.6 Å². The van der Waals surface area contributed by atoms with Gasteiger partial charge >= 0.3 is 0 Å². The van der Waals surface area contributed by atoms with Crippen molar-refractivity contribution in [3.63, 3.8) is 0 Å². The fraction of sp³-hybridized carbons (Fsp3) is 0.0909. The van der Waals surface area contributed by atoms with E-state index in [9.17, 15) is 8.78 Å². The van der Waals surface area contributed by atoms with Gasteiger partial charge in [0.25, 0.3) is 0 Å². The second kappa shape index (κ2) is 3.84. The standard InChI is InChI=1S/C11H9F2N3/c1-6-2-3-7(11(13)10(6)12)8-4-16-9(14)5-15-8/h2-5H,1H3,(H2,14,16). The first-order chi connectivity index (χ1) is 7.59. The number of anilines is 1. The number of nitrogen functional groups attached to an aromatic ring is 1. The molecule has 2 rings (SSSR count). The van der Waals surface area contributed by atoms with Crippen molar-refractivity contribution in [1.29, 1.82) is 0 Å². The van der Waals surface area contributed by atoms with Crippen LogP contribution in [0.15, 0.2) is 24.5 Å². The summed E-state index contributed by atoms with van der Waals surface area (Å²) in [5.74, 6) is -1.55. The summed E-state index contributed by atoms with van der Waals surface area (Å²) in [4.78, 5) is 7.66. The van der Waals surface area contributed by atoms with E-state index in [1.807, 2.05) is 0 Å². The molecule has 0 saturated carbocycles. The molecule has 0 radical (unpaired) electrons. The SMILES string of the molecule is Cc1ccc(-c2cnc(N)cn2)c(F)c1F. The Hall–Kier alpha value is -2.04. The molecule has 5 heteroatoms. The first-order valence-corrected chi connectivity index (χ1v) is 4.62. The third kappa shape index (κ3) is 1.71. The molecular formula is C11H9F2N3. The summed E-state index contributed by atoms with van der Waals surface area (Å²) in [6.07, 6.45) is 2.61. The van der Waals surface area contributed by atoms with Crippen LogP contribution in [0.5, 0.6) is 0 Å². The van der Waals surface area contributed by atoms with Crippen molar-refractivity contribution in [3.8, 4) is 11.3 Å². The Balaban J connectivity index is 2.57. The molecule has 0 bridgehead atoms. The van der Waals surface area contributed by atoms with Crippen LogP contribution in [0.4, 0.5) is 14.6 Å². The molecule has 1 heterocycles. The maximum Gasteiger partial charge on any atom is 0.168 e. The third-order valence-electron chi connectivity index (χ3n) is 2.22. The van der Waals surface area contributed by atoms with Gasteiger partial charge in [-0.3, -0.25) is 4.98 Å². The molecule has 82 valence electrons. The molecule has 0 aliphatic carbocycles. The predicted octanol–water partition coefficient (Wildman–Crippen LogP) is 2.31. The highest BCUT2D eigenvalue weighted by molar-refractivity contribution is 5.60. The van der Waals surface area contributed by atoms with Crippen LogP contribution in [-0.4, -0.2) is 9.97 Å². The molecular weight excluding hydrogens is 212 g/mol. The summed E-state index contributed by atoms with van der Waals surface area (Å²) in [6.45, 7) is 1.50. The van der Waals surface area contributed by atoms with Crippen molar-refractivity contribution >= 4 is 5.82 Å². The van der Waals surface area contributed by atoms with Gasteiger partial charge in [-0.25, -0.2) is 13.8 Å². The zero-order valence-electron chi connectivity index (χ0n) is 8.54. The largest absolute Gasteiger partial charge is 0.382 e. The first-order valence-electron chi connectivity index (χ1n) is 4.62. The Labute approximate surface area is 91.0 Å². The van der Waals surface area contributed by atoms with Gasteiger partial charge in [-0.2, -0.15) is 0 Å². The van der Waals surface area contributed by atoms with Crippen molar-refractivity contribution in [2.45, 2.75) is 6.92 Å². The number of nitrogens with two attached hydrogens (primary N) is 1. The van der Waals surface area contributed by atoms with Crippen LogP contribution in [0.2, 0.25) is 0 Å². The molecule has 2 aromatic rings. The van der Waals surface area contributed by atoms with E-state index in [1.54, 1.807) is 0 Å². The van der Waals surface area contributed by atoms with E-state index >= 15 is 0 Å². The zero-order chi connectivity index (χ0) is 11.7. The molecule has 2 N–H and O–H groups in total. The fourth-order valence-electron chi connectivity index (χ4n) is 1.32. The Kier molecular flexibility index (Phi) is 2.52. The Morgan fingerprint density at radius 3 is 2.44 bits per heavy atom. The van der Waals surface area contributed by atoms with Crippen molar-refractivity contribution in [3.05, 3.63) is 41.7 Å². The molecule has 0 amide bonds. The third-order valence-corrected chi connectivity index (χ3v) is 2.22. The monoisotopic (exact) mass is 221 g/mol. The van der Waals surface area contributed by atoms with E-state index in [0.29, 0.717) is 0 Å². The molecule has 16 heavy (non-hydrogen) atoms. The van der Waals surface area contributed by atoms with E-state index in [2.05, 4.69) is 9.97 Å². The number of nitrogens with zero attached hydrogens (tertiary/aromatic N) is 2. The van der Waals surface area contributed by atoms with Gasteiger partial charge < -0.3 is 5.73 Å². The molecule has 1 aromatic carbocycles. The van der Waals surface area contributed by atoms with Gasteiger partial charge in [0.05, 0.1) is 18.1 Å². The number of rotatable bonds is 1. The minimum absolute atomic E-state index is 0.0793. The summed E-state index contributed by atoms with van der Waals surface area (Å²) >= 11 is 0. The van der Waals surface area contributed by atoms with Crippen LogP contribution >= 0.6 is 0 Å². The minimum Gasteiger partial charge on any atom is -0.382 e. The highest BCUT2D eigenvalue weighted by Gasteiger charge is 2.13. The number of benzene rings is 1. The highest BCUT2D eigenvalue weighted by atomic mass is 19.2. The number of halogens is 2. The van der Waals surface area contributed by atoms with Crippen LogP contribution in [0.25, 0.3) is 11.3 Å². The molecule has 0 atom stereocenters. The topological polar surface area (TPSA) is 51.8 Å². The molecule has 0 fully saturated rings. The lowest BCUT2D eigenvalue weighted by Gasteiger charge is -2.05. The number of aryl methyl sites for hydroxylation is 1. The Morgan fingerprint density at radius 1 is 1.06 bits per heavy atom. The van der Waals surface area contributed by atoms with E-state index in [-0.39, 0.29) is 22.6 Å².